The third kappa shape index (κ3) is 5.78. The zero-order valence-electron chi connectivity index (χ0n) is 21.0. The molecule has 2 aliphatic heterocycles. The van der Waals surface area contributed by atoms with Crippen molar-refractivity contribution in [3.63, 3.8) is 0 Å². The second kappa shape index (κ2) is 10.7. The summed E-state index contributed by atoms with van der Waals surface area (Å²) in [4.78, 5) is 20.4. The predicted molar refractivity (Wildman–Crippen MR) is 135 cm³/mol. The highest BCUT2D eigenvalue weighted by Gasteiger charge is 2.32. The van der Waals surface area contributed by atoms with Gasteiger partial charge in [-0.1, -0.05) is 31.2 Å². The monoisotopic (exact) mass is 466 g/mol. The number of rotatable bonds is 6. The molecule has 3 rings (SSSR count). The van der Waals surface area contributed by atoms with Gasteiger partial charge in [0, 0.05) is 54.3 Å². The Hall–Kier alpha value is -3.31. The van der Waals surface area contributed by atoms with E-state index >= 15 is 0 Å². The summed E-state index contributed by atoms with van der Waals surface area (Å²) in [6.07, 6.45) is 6.51. The van der Waals surface area contributed by atoms with Crippen LogP contribution in [0, 0.1) is 5.82 Å². The van der Waals surface area contributed by atoms with Crippen LogP contribution in [0.1, 0.15) is 53.5 Å². The van der Waals surface area contributed by atoms with Gasteiger partial charge in [-0.15, -0.1) is 0 Å². The maximum absolute atomic E-state index is 14.7. The molecule has 0 radical (unpaired) electrons. The highest BCUT2D eigenvalue weighted by atomic mass is 19.1. The molecule has 2 heterocycles. The fourth-order valence-corrected chi connectivity index (χ4v) is 4.15. The lowest BCUT2D eigenvalue weighted by Gasteiger charge is -2.43. The number of allylic oxidation sites excluding steroid dienone is 2. The summed E-state index contributed by atoms with van der Waals surface area (Å²) in [5.74, 6) is 2.64. The number of piperazine rings is 1. The largest absolute Gasteiger partial charge is 0.465 e. The molecule has 0 saturated carbocycles. The molecule has 182 valence electrons. The van der Waals surface area contributed by atoms with E-state index in [1.165, 1.54) is 6.07 Å². The third-order valence-corrected chi connectivity index (χ3v) is 5.78. The fourth-order valence-electron chi connectivity index (χ4n) is 4.15. The van der Waals surface area contributed by atoms with Crippen LogP contribution in [0.4, 0.5) is 4.39 Å². The van der Waals surface area contributed by atoms with Crippen molar-refractivity contribution in [2.75, 3.05) is 19.6 Å². The average Bonchev–Trinajstić information content (AvgIpc) is 3.20. The van der Waals surface area contributed by atoms with E-state index in [1.807, 2.05) is 56.9 Å². The first-order valence-corrected chi connectivity index (χ1v) is 11.8. The molecule has 7 heteroatoms. The molecular formula is C27H35FN4O2. The van der Waals surface area contributed by atoms with Crippen LogP contribution in [0.3, 0.4) is 0 Å². The highest BCUT2D eigenvalue weighted by Crippen LogP contribution is 2.34. The van der Waals surface area contributed by atoms with E-state index in [0.29, 0.717) is 31.0 Å². The van der Waals surface area contributed by atoms with Crippen molar-refractivity contribution in [2.45, 2.75) is 59.6 Å². The zero-order chi connectivity index (χ0) is 24.9. The molecule has 1 unspecified atom stereocenters. The molecule has 1 saturated heterocycles. The molecule has 0 aliphatic carbocycles. The van der Waals surface area contributed by atoms with Gasteiger partial charge in [-0.2, -0.15) is 0 Å². The Morgan fingerprint density at radius 2 is 2.06 bits per heavy atom. The molecule has 1 N–H and O–H groups in total. The first-order chi connectivity index (χ1) is 16.2. The van der Waals surface area contributed by atoms with Crippen LogP contribution in [0.5, 0.6) is 0 Å². The molecule has 34 heavy (non-hydrogen) atoms. The van der Waals surface area contributed by atoms with E-state index in [1.54, 1.807) is 18.3 Å². The van der Waals surface area contributed by atoms with Crippen LogP contribution in [0.15, 0.2) is 64.9 Å². The first kappa shape index (κ1) is 25.3. The van der Waals surface area contributed by atoms with Crippen molar-refractivity contribution in [1.82, 2.24) is 15.1 Å². The second-order valence-electron chi connectivity index (χ2n) is 9.53. The van der Waals surface area contributed by atoms with Crippen molar-refractivity contribution in [3.05, 3.63) is 71.3 Å². The average molecular weight is 467 g/mol. The SMILES string of the molecule is CC/C=C/NC1=NC=C(c2ccccc2F)/C1=C(/C)N1CCN(C(=C=O)OC(C)(C)C)C(C)C1. The van der Waals surface area contributed by atoms with E-state index < -0.39 is 5.60 Å². The summed E-state index contributed by atoms with van der Waals surface area (Å²) in [5, 5.41) is 3.27. The minimum Gasteiger partial charge on any atom is -0.465 e. The maximum atomic E-state index is 14.7. The number of nitrogens with zero attached hydrogens (tertiary/aromatic N) is 3. The Bertz CT molecular complexity index is 1070. The summed E-state index contributed by atoms with van der Waals surface area (Å²) >= 11 is 0. The Morgan fingerprint density at radius 3 is 2.68 bits per heavy atom. The van der Waals surface area contributed by atoms with Crippen LogP contribution in [0.25, 0.3) is 5.57 Å². The minimum atomic E-state index is -0.478. The molecule has 0 spiro atoms. The zero-order valence-corrected chi connectivity index (χ0v) is 21.0. The van der Waals surface area contributed by atoms with E-state index in [4.69, 9.17) is 4.74 Å². The number of nitrogens with one attached hydrogen (secondary N) is 1. The maximum Gasteiger partial charge on any atom is 0.278 e. The summed E-state index contributed by atoms with van der Waals surface area (Å²) in [6, 6.07) is 6.79. The second-order valence-corrected chi connectivity index (χ2v) is 9.53. The van der Waals surface area contributed by atoms with Crippen LogP contribution in [-0.2, 0) is 9.53 Å². The number of aliphatic imine (C=N–C) groups is 1. The van der Waals surface area contributed by atoms with E-state index in [9.17, 15) is 9.18 Å². The van der Waals surface area contributed by atoms with Gasteiger partial charge in [-0.3, -0.25) is 0 Å². The fraction of sp³-hybridized carbons (Fsp3) is 0.444. The van der Waals surface area contributed by atoms with Crippen LogP contribution in [-0.4, -0.2) is 52.9 Å². The van der Waals surface area contributed by atoms with E-state index in [-0.39, 0.29) is 17.7 Å². The Balaban J connectivity index is 1.90. The molecule has 0 amide bonds. The number of benzene rings is 1. The summed E-state index contributed by atoms with van der Waals surface area (Å²) in [7, 11) is 0. The van der Waals surface area contributed by atoms with Crippen molar-refractivity contribution in [3.8, 4) is 0 Å². The van der Waals surface area contributed by atoms with Crippen molar-refractivity contribution in [2.24, 2.45) is 4.99 Å². The molecular weight excluding hydrogens is 431 g/mol. The van der Waals surface area contributed by atoms with Crippen molar-refractivity contribution in [1.29, 1.82) is 0 Å². The number of hydrogen-bond donors (Lipinski definition) is 1. The molecule has 0 bridgehead atoms. The van der Waals surface area contributed by atoms with E-state index in [2.05, 4.69) is 29.1 Å². The molecule has 1 aromatic carbocycles. The molecule has 2 aliphatic rings. The quantitative estimate of drug-likeness (QED) is 0.479. The lowest BCUT2D eigenvalue weighted by Crippen LogP contribution is -2.52. The number of hydrogen-bond acceptors (Lipinski definition) is 6. The third-order valence-electron chi connectivity index (χ3n) is 5.78. The molecule has 6 nitrogen and oxygen atoms in total. The Labute approximate surface area is 202 Å². The number of amidine groups is 1. The van der Waals surface area contributed by atoms with Gasteiger partial charge in [-0.05, 0) is 53.3 Å². The molecule has 1 atom stereocenters. The minimum absolute atomic E-state index is 0.0266. The van der Waals surface area contributed by atoms with Crippen LogP contribution in [0.2, 0.25) is 0 Å². The number of carbonyl (C=O) groups excluding carboxylic acids is 1. The smallest absolute Gasteiger partial charge is 0.278 e. The van der Waals surface area contributed by atoms with Gasteiger partial charge in [0.2, 0.25) is 0 Å². The van der Waals surface area contributed by atoms with Crippen LogP contribution >= 0.6 is 0 Å². The van der Waals surface area contributed by atoms with Gasteiger partial charge in [0.25, 0.3) is 5.88 Å². The standard InChI is InChI=1S/C27H35FN4O2/c1-7-8-13-29-26-25(22(16-30-26)21-11-9-10-12-23(21)28)20(3)31-14-15-32(19(2)17-31)24(18-33)34-27(4,5)6/h8-13,16,19H,7,14-15,17H2,1-6H3,(H,29,30)/b13-8+,25-20+. The Morgan fingerprint density at radius 1 is 1.32 bits per heavy atom. The predicted octanol–water partition coefficient (Wildman–Crippen LogP) is 4.86. The lowest BCUT2D eigenvalue weighted by molar-refractivity contribution is -0.0196. The van der Waals surface area contributed by atoms with Gasteiger partial charge in [0.05, 0.1) is 0 Å². The first-order valence-electron chi connectivity index (χ1n) is 11.8. The van der Waals surface area contributed by atoms with Crippen LogP contribution < -0.4 is 5.32 Å². The van der Waals surface area contributed by atoms with E-state index in [0.717, 1.165) is 23.3 Å². The molecule has 0 aromatic heterocycles. The normalized spacial score (nSPS) is 20.1. The molecule has 1 aromatic rings. The van der Waals surface area contributed by atoms with Gasteiger partial charge in [0.1, 0.15) is 17.3 Å². The number of ether oxygens (including phenoxy) is 1. The highest BCUT2D eigenvalue weighted by molar-refractivity contribution is 6.16. The van der Waals surface area contributed by atoms with Gasteiger partial charge in [-0.25, -0.2) is 14.2 Å². The van der Waals surface area contributed by atoms with Crippen molar-refractivity contribution < 1.29 is 13.9 Å². The summed E-state index contributed by atoms with van der Waals surface area (Å²) in [5.41, 5.74) is 2.68. The van der Waals surface area contributed by atoms with Crippen molar-refractivity contribution >= 4 is 17.4 Å². The number of halogens is 1. The molecule has 1 fully saturated rings. The van der Waals surface area contributed by atoms with Gasteiger partial charge >= 0.3 is 0 Å². The van der Waals surface area contributed by atoms with Gasteiger partial charge in [0.15, 0.2) is 5.94 Å². The lowest BCUT2D eigenvalue weighted by atomic mass is 9.96. The summed E-state index contributed by atoms with van der Waals surface area (Å²) < 4.78 is 20.6. The topological polar surface area (TPSA) is 57.2 Å². The van der Waals surface area contributed by atoms with Gasteiger partial charge < -0.3 is 19.9 Å². The summed E-state index contributed by atoms with van der Waals surface area (Å²) in [6.45, 7) is 13.9. The Kier molecular flexibility index (Phi) is 8.00.